The molecule has 0 aliphatic heterocycles. The van der Waals surface area contributed by atoms with Crippen molar-refractivity contribution in [3.05, 3.63) is 35.4 Å². The topological polar surface area (TPSA) is 87.7 Å². The van der Waals surface area contributed by atoms with Crippen molar-refractivity contribution in [3.63, 3.8) is 0 Å². The van der Waals surface area contributed by atoms with E-state index in [0.717, 1.165) is 6.07 Å². The van der Waals surface area contributed by atoms with Gasteiger partial charge in [0.2, 0.25) is 5.91 Å². The van der Waals surface area contributed by atoms with Crippen LogP contribution in [0.25, 0.3) is 0 Å². The van der Waals surface area contributed by atoms with E-state index in [9.17, 15) is 13.6 Å². The maximum atomic E-state index is 13.3. The van der Waals surface area contributed by atoms with E-state index in [1.54, 1.807) is 0 Å². The highest BCUT2D eigenvalue weighted by Crippen LogP contribution is 2.11. The second-order valence-corrected chi connectivity index (χ2v) is 4.29. The molecule has 7 heteroatoms. The number of amides is 1. The Balaban J connectivity index is 2.29. The molecule has 0 aromatic heterocycles. The number of oxime groups is 1. The maximum absolute atomic E-state index is 13.3. The normalized spacial score (nSPS) is 11.4. The van der Waals surface area contributed by atoms with Crippen LogP contribution < -0.4 is 11.1 Å². The van der Waals surface area contributed by atoms with Crippen LogP contribution in [0.2, 0.25) is 0 Å². The molecule has 0 aliphatic carbocycles. The lowest BCUT2D eigenvalue weighted by molar-refractivity contribution is -0.120. The molecule has 0 radical (unpaired) electrons. The number of nitrogens with one attached hydrogen (secondary N) is 1. The Kier molecular flexibility index (Phi) is 6.42. The number of carbonyl (C=O) groups excluding carboxylic acids is 1. The fourth-order valence-corrected chi connectivity index (χ4v) is 1.63. The summed E-state index contributed by atoms with van der Waals surface area (Å²) in [5.74, 6) is -2.19. The predicted octanol–water partition coefficient (Wildman–Crippen LogP) is 1.54. The molecule has 0 fully saturated rings. The van der Waals surface area contributed by atoms with Gasteiger partial charge in [0.05, 0.1) is 6.42 Å². The van der Waals surface area contributed by atoms with Gasteiger partial charge in [0.1, 0.15) is 5.84 Å². The number of benzene rings is 1. The standard InChI is InChI=1S/C13H17F2N3O2/c14-10-5-3-4-9(13(10)15)8-12(19)17-7-2-1-6-11(16)18-20/h3-5,20H,1-2,6-8H2,(H2,16,18)(H,17,19). The van der Waals surface area contributed by atoms with Crippen LogP contribution in [0.15, 0.2) is 23.4 Å². The highest BCUT2D eigenvalue weighted by molar-refractivity contribution is 5.79. The molecule has 4 N–H and O–H groups in total. The van der Waals surface area contributed by atoms with Crippen LogP contribution in [0.1, 0.15) is 24.8 Å². The number of unbranched alkanes of at least 4 members (excludes halogenated alkanes) is 1. The van der Waals surface area contributed by atoms with Crippen molar-refractivity contribution in [2.75, 3.05) is 6.54 Å². The zero-order valence-corrected chi connectivity index (χ0v) is 10.9. The van der Waals surface area contributed by atoms with Crippen molar-refractivity contribution < 1.29 is 18.8 Å². The number of hydrogen-bond acceptors (Lipinski definition) is 3. The molecular weight excluding hydrogens is 268 g/mol. The summed E-state index contributed by atoms with van der Waals surface area (Å²) in [7, 11) is 0. The first-order valence-corrected chi connectivity index (χ1v) is 6.20. The van der Waals surface area contributed by atoms with E-state index in [1.807, 2.05) is 0 Å². The van der Waals surface area contributed by atoms with Crippen LogP contribution in [0.4, 0.5) is 8.78 Å². The van der Waals surface area contributed by atoms with Gasteiger partial charge in [0, 0.05) is 18.5 Å². The first-order valence-electron chi connectivity index (χ1n) is 6.20. The molecule has 1 aromatic rings. The first kappa shape index (κ1) is 15.9. The number of rotatable bonds is 7. The van der Waals surface area contributed by atoms with E-state index in [-0.39, 0.29) is 23.7 Å². The molecule has 0 saturated carbocycles. The summed E-state index contributed by atoms with van der Waals surface area (Å²) >= 11 is 0. The first-order chi connectivity index (χ1) is 9.54. The van der Waals surface area contributed by atoms with Crippen molar-refractivity contribution in [1.82, 2.24) is 5.32 Å². The Morgan fingerprint density at radius 1 is 1.35 bits per heavy atom. The molecule has 5 nitrogen and oxygen atoms in total. The summed E-state index contributed by atoms with van der Waals surface area (Å²) in [6.45, 7) is 0.397. The van der Waals surface area contributed by atoms with Crippen molar-refractivity contribution >= 4 is 11.7 Å². The van der Waals surface area contributed by atoms with Gasteiger partial charge in [-0.2, -0.15) is 0 Å². The fourth-order valence-electron chi connectivity index (χ4n) is 1.63. The van der Waals surface area contributed by atoms with Crippen molar-refractivity contribution in [3.8, 4) is 0 Å². The zero-order valence-electron chi connectivity index (χ0n) is 10.9. The minimum atomic E-state index is -0.991. The van der Waals surface area contributed by atoms with Gasteiger partial charge in [0.25, 0.3) is 0 Å². The average molecular weight is 285 g/mol. The van der Waals surface area contributed by atoms with E-state index in [0.29, 0.717) is 25.8 Å². The lowest BCUT2D eigenvalue weighted by Crippen LogP contribution is -2.26. The summed E-state index contributed by atoms with van der Waals surface area (Å²) in [4.78, 5) is 11.5. The van der Waals surface area contributed by atoms with Crippen LogP contribution >= 0.6 is 0 Å². The summed E-state index contributed by atoms with van der Waals surface area (Å²) in [6, 6.07) is 3.73. The Labute approximate surface area is 115 Å². The van der Waals surface area contributed by atoms with E-state index in [2.05, 4.69) is 10.5 Å². The smallest absolute Gasteiger partial charge is 0.224 e. The van der Waals surface area contributed by atoms with Crippen LogP contribution in [0.3, 0.4) is 0 Å². The van der Waals surface area contributed by atoms with Gasteiger partial charge in [-0.05, 0) is 18.9 Å². The highest BCUT2D eigenvalue weighted by Gasteiger charge is 2.11. The Morgan fingerprint density at radius 2 is 2.10 bits per heavy atom. The van der Waals surface area contributed by atoms with Gasteiger partial charge in [-0.3, -0.25) is 4.79 Å². The molecule has 0 saturated heterocycles. The number of amidine groups is 1. The Bertz CT molecular complexity index is 493. The molecule has 1 rings (SSSR count). The van der Waals surface area contributed by atoms with E-state index in [1.165, 1.54) is 12.1 Å². The number of nitrogens with two attached hydrogens (primary N) is 1. The quantitative estimate of drug-likeness (QED) is 0.233. The minimum Gasteiger partial charge on any atom is -0.409 e. The third-order valence-corrected chi connectivity index (χ3v) is 2.69. The molecule has 110 valence electrons. The maximum Gasteiger partial charge on any atom is 0.224 e. The van der Waals surface area contributed by atoms with Gasteiger partial charge in [0.15, 0.2) is 11.6 Å². The predicted molar refractivity (Wildman–Crippen MR) is 70.3 cm³/mol. The molecule has 20 heavy (non-hydrogen) atoms. The minimum absolute atomic E-state index is 0.0270. The number of halogens is 2. The molecular formula is C13H17F2N3O2. The third-order valence-electron chi connectivity index (χ3n) is 2.69. The molecule has 0 heterocycles. The molecule has 0 aliphatic rings. The molecule has 0 unspecified atom stereocenters. The van der Waals surface area contributed by atoms with Crippen LogP contribution in [0.5, 0.6) is 0 Å². The molecule has 1 amide bonds. The van der Waals surface area contributed by atoms with Crippen LogP contribution in [-0.2, 0) is 11.2 Å². The van der Waals surface area contributed by atoms with Crippen molar-refractivity contribution in [2.24, 2.45) is 10.9 Å². The Hall–Kier alpha value is -2.18. The van der Waals surface area contributed by atoms with Gasteiger partial charge in [-0.1, -0.05) is 17.3 Å². The fraction of sp³-hybridized carbons (Fsp3) is 0.385. The molecule has 1 aromatic carbocycles. The van der Waals surface area contributed by atoms with Gasteiger partial charge >= 0.3 is 0 Å². The lowest BCUT2D eigenvalue weighted by atomic mass is 10.1. The average Bonchev–Trinajstić information content (AvgIpc) is 2.43. The van der Waals surface area contributed by atoms with Crippen molar-refractivity contribution in [2.45, 2.75) is 25.7 Å². The van der Waals surface area contributed by atoms with Crippen LogP contribution in [-0.4, -0.2) is 23.5 Å². The largest absolute Gasteiger partial charge is 0.409 e. The van der Waals surface area contributed by atoms with Crippen molar-refractivity contribution in [1.29, 1.82) is 0 Å². The van der Waals surface area contributed by atoms with Gasteiger partial charge < -0.3 is 16.3 Å². The summed E-state index contributed by atoms with van der Waals surface area (Å²) in [6.07, 6.45) is 1.53. The SMILES string of the molecule is N/C(CCCCNC(=O)Cc1cccc(F)c1F)=N/O. The molecule has 0 spiro atoms. The van der Waals surface area contributed by atoms with E-state index in [4.69, 9.17) is 10.9 Å². The van der Waals surface area contributed by atoms with Crippen LogP contribution in [0, 0.1) is 11.6 Å². The van der Waals surface area contributed by atoms with Gasteiger partial charge in [-0.15, -0.1) is 0 Å². The molecule has 0 bridgehead atoms. The third kappa shape index (κ3) is 5.21. The Morgan fingerprint density at radius 3 is 2.80 bits per heavy atom. The zero-order chi connectivity index (χ0) is 15.0. The lowest BCUT2D eigenvalue weighted by Gasteiger charge is -2.06. The summed E-state index contributed by atoms with van der Waals surface area (Å²) in [5, 5.41) is 13.7. The second-order valence-electron chi connectivity index (χ2n) is 4.29. The number of carbonyl (C=O) groups is 1. The summed E-state index contributed by atoms with van der Waals surface area (Å²) < 4.78 is 26.3. The van der Waals surface area contributed by atoms with Gasteiger partial charge in [-0.25, -0.2) is 8.78 Å². The number of hydrogen-bond donors (Lipinski definition) is 3. The summed E-state index contributed by atoms with van der Waals surface area (Å²) in [5.41, 5.74) is 5.31. The highest BCUT2D eigenvalue weighted by atomic mass is 19.2. The number of nitrogens with zero attached hydrogens (tertiary/aromatic N) is 1. The molecule has 0 atom stereocenters. The van der Waals surface area contributed by atoms with E-state index >= 15 is 0 Å². The monoisotopic (exact) mass is 285 g/mol. The van der Waals surface area contributed by atoms with E-state index < -0.39 is 11.6 Å². The second kappa shape index (κ2) is 8.08.